The van der Waals surface area contributed by atoms with Gasteiger partial charge in [-0.1, -0.05) is 36.2 Å². The molecule has 0 unspecified atom stereocenters. The largest absolute Gasteiger partial charge is 0.481 e. The van der Waals surface area contributed by atoms with E-state index in [1.54, 1.807) is 13.8 Å². The van der Waals surface area contributed by atoms with Crippen LogP contribution in [0.15, 0.2) is 63.9 Å². The smallest absolute Gasteiger partial charge is 0.416 e. The second kappa shape index (κ2) is 10.8. The van der Waals surface area contributed by atoms with Gasteiger partial charge in [-0.05, 0) is 43.7 Å². The van der Waals surface area contributed by atoms with Gasteiger partial charge in [-0.3, -0.25) is 4.79 Å². The molecule has 0 aliphatic rings. The Morgan fingerprint density at radius 2 is 1.94 bits per heavy atom. The van der Waals surface area contributed by atoms with Crippen molar-refractivity contribution in [2.45, 2.75) is 31.3 Å². The van der Waals surface area contributed by atoms with E-state index in [0.29, 0.717) is 18.1 Å². The van der Waals surface area contributed by atoms with Crippen LogP contribution in [-0.2, 0) is 16.0 Å². The highest BCUT2D eigenvalue weighted by molar-refractivity contribution is 7.95. The fourth-order valence-electron chi connectivity index (χ4n) is 2.75. The van der Waals surface area contributed by atoms with E-state index < -0.39 is 32.4 Å². The predicted octanol–water partition coefficient (Wildman–Crippen LogP) is 5.21. The highest BCUT2D eigenvalue weighted by Gasteiger charge is 2.32. The average Bonchev–Trinajstić information content (AvgIpc) is 2.76. The van der Waals surface area contributed by atoms with Gasteiger partial charge in [0.1, 0.15) is 5.15 Å². The zero-order valence-electron chi connectivity index (χ0n) is 18.0. The summed E-state index contributed by atoms with van der Waals surface area (Å²) in [6, 6.07) is 6.30. The number of nitrogens with one attached hydrogen (secondary N) is 1. The quantitative estimate of drug-likeness (QED) is 0.396. The maximum Gasteiger partial charge on any atom is 0.416 e. The minimum absolute atomic E-state index is 0.0136. The van der Waals surface area contributed by atoms with Crippen LogP contribution in [0.4, 0.5) is 13.2 Å². The van der Waals surface area contributed by atoms with Crippen LogP contribution < -0.4 is 10.1 Å². The normalized spacial score (nSPS) is 13.1. The van der Waals surface area contributed by atoms with Crippen LogP contribution in [0.25, 0.3) is 0 Å². The number of nitrogens with zero attached hydrogens (tertiary/aromatic N) is 1. The van der Waals surface area contributed by atoms with E-state index in [1.807, 2.05) is 0 Å². The maximum atomic E-state index is 13.0. The number of benzene rings is 1. The highest BCUT2D eigenvalue weighted by Crippen LogP contribution is 2.32. The minimum Gasteiger partial charge on any atom is -0.481 e. The summed E-state index contributed by atoms with van der Waals surface area (Å²) in [5.74, 6) is -0.340. The summed E-state index contributed by atoms with van der Waals surface area (Å²) in [6.45, 7) is 3.28. The molecule has 0 radical (unpaired) electrons. The number of ether oxygens (including phenoxy) is 1. The molecule has 0 saturated carbocycles. The molecular weight excluding hydrogens is 481 g/mol. The van der Waals surface area contributed by atoms with E-state index in [-0.39, 0.29) is 28.0 Å². The van der Waals surface area contributed by atoms with Crippen molar-refractivity contribution in [3.8, 4) is 5.88 Å². The highest BCUT2D eigenvalue weighted by atomic mass is 35.5. The molecule has 0 fully saturated rings. The maximum absolute atomic E-state index is 13.0. The standard InChI is InChI=1S/C22H22ClF3N2O4S/c1-4-6-17(33(30,31)18-8-5-7-16(12-18)22(24,25)26)9-14(2)13-27-21(29)15-10-19(23)28-20(11-15)32-3/h5-12H,4,13H2,1-3H3,(H,27,29). The van der Waals surface area contributed by atoms with Crippen molar-refractivity contribution >= 4 is 27.3 Å². The first-order valence-electron chi connectivity index (χ1n) is 9.68. The van der Waals surface area contributed by atoms with Crippen LogP contribution in [0.2, 0.25) is 5.15 Å². The number of carbonyl (C=O) groups is 1. The lowest BCUT2D eigenvalue weighted by Crippen LogP contribution is -2.25. The fraction of sp³-hybridized carbons (Fsp3) is 0.273. The second-order valence-corrected chi connectivity index (χ2v) is 9.27. The number of methoxy groups -OCH3 is 1. The summed E-state index contributed by atoms with van der Waals surface area (Å²) >= 11 is 5.86. The van der Waals surface area contributed by atoms with Crippen molar-refractivity contribution in [1.29, 1.82) is 0 Å². The van der Waals surface area contributed by atoms with Gasteiger partial charge in [-0.15, -0.1) is 0 Å². The van der Waals surface area contributed by atoms with E-state index in [4.69, 9.17) is 16.3 Å². The number of hydrogen-bond acceptors (Lipinski definition) is 5. The molecule has 0 aliphatic heterocycles. The van der Waals surface area contributed by atoms with E-state index >= 15 is 0 Å². The number of aromatic nitrogens is 1. The Kier molecular flexibility index (Phi) is 8.68. The number of alkyl halides is 3. The zero-order chi connectivity index (χ0) is 24.8. The van der Waals surface area contributed by atoms with Crippen LogP contribution in [0.3, 0.4) is 0 Å². The summed E-state index contributed by atoms with van der Waals surface area (Å²) in [5.41, 5.74) is -0.398. The Morgan fingerprint density at radius 1 is 1.24 bits per heavy atom. The van der Waals surface area contributed by atoms with Crippen molar-refractivity contribution in [2.75, 3.05) is 13.7 Å². The lowest BCUT2D eigenvalue weighted by molar-refractivity contribution is -0.137. The SMILES string of the molecule is CCC=C(C=C(C)CNC(=O)c1cc(Cl)nc(OC)c1)S(=O)(=O)c1cccc(C(F)(F)F)c1. The molecule has 0 bridgehead atoms. The number of sulfone groups is 1. The molecule has 2 aromatic rings. The molecule has 1 aromatic carbocycles. The Morgan fingerprint density at radius 3 is 2.55 bits per heavy atom. The van der Waals surface area contributed by atoms with Gasteiger partial charge in [0.25, 0.3) is 5.91 Å². The number of pyridine rings is 1. The van der Waals surface area contributed by atoms with Crippen molar-refractivity contribution < 1.29 is 31.1 Å². The van der Waals surface area contributed by atoms with Gasteiger partial charge < -0.3 is 10.1 Å². The third-order valence-corrected chi connectivity index (χ3v) is 6.32. The number of amides is 1. The molecule has 1 amide bonds. The molecule has 0 saturated heterocycles. The van der Waals surface area contributed by atoms with Crippen molar-refractivity contribution in [3.05, 3.63) is 75.3 Å². The van der Waals surface area contributed by atoms with E-state index in [0.717, 1.165) is 18.2 Å². The Balaban J connectivity index is 2.26. The van der Waals surface area contributed by atoms with Crippen LogP contribution >= 0.6 is 11.6 Å². The average molecular weight is 503 g/mol. The number of halogens is 4. The number of rotatable bonds is 8. The Bertz CT molecular complexity index is 1190. The summed E-state index contributed by atoms with van der Waals surface area (Å²) in [6.07, 6.45) is -1.62. The number of allylic oxidation sites excluding steroid dienone is 2. The molecule has 1 aromatic heterocycles. The topological polar surface area (TPSA) is 85.4 Å². The molecule has 1 N–H and O–H groups in total. The molecule has 178 valence electrons. The molecular formula is C22H22ClF3N2O4S. The summed E-state index contributed by atoms with van der Waals surface area (Å²) in [5, 5.41) is 2.69. The lowest BCUT2D eigenvalue weighted by atomic mass is 10.2. The molecule has 1 heterocycles. The van der Waals surface area contributed by atoms with Gasteiger partial charge in [0.05, 0.1) is 22.5 Å². The molecule has 11 heteroatoms. The lowest BCUT2D eigenvalue weighted by Gasteiger charge is -2.12. The third-order valence-electron chi connectivity index (χ3n) is 4.35. The Labute approximate surface area is 195 Å². The molecule has 0 atom stereocenters. The Hall–Kier alpha value is -2.85. The van der Waals surface area contributed by atoms with Gasteiger partial charge in [0.15, 0.2) is 0 Å². The van der Waals surface area contributed by atoms with Crippen LogP contribution in [0, 0.1) is 0 Å². The van der Waals surface area contributed by atoms with Crippen LogP contribution in [-0.4, -0.2) is 33.0 Å². The van der Waals surface area contributed by atoms with E-state index in [2.05, 4.69) is 10.3 Å². The second-order valence-electron chi connectivity index (χ2n) is 6.94. The monoisotopic (exact) mass is 502 g/mol. The molecule has 0 aliphatic carbocycles. The number of carbonyl (C=O) groups excluding carboxylic acids is 1. The van der Waals surface area contributed by atoms with Gasteiger partial charge in [0.2, 0.25) is 15.7 Å². The number of hydrogen-bond donors (Lipinski definition) is 1. The van der Waals surface area contributed by atoms with E-state index in [1.165, 1.54) is 31.4 Å². The predicted molar refractivity (Wildman–Crippen MR) is 119 cm³/mol. The van der Waals surface area contributed by atoms with Crippen molar-refractivity contribution in [2.24, 2.45) is 0 Å². The summed E-state index contributed by atoms with van der Waals surface area (Å²) in [7, 11) is -2.84. The van der Waals surface area contributed by atoms with Gasteiger partial charge in [0, 0.05) is 18.2 Å². The molecule has 6 nitrogen and oxygen atoms in total. The van der Waals surface area contributed by atoms with Crippen molar-refractivity contribution in [3.63, 3.8) is 0 Å². The summed E-state index contributed by atoms with van der Waals surface area (Å²) < 4.78 is 70.0. The fourth-order valence-corrected chi connectivity index (χ4v) is 4.50. The molecule has 0 spiro atoms. The summed E-state index contributed by atoms with van der Waals surface area (Å²) in [4.78, 5) is 15.7. The molecule has 2 rings (SSSR count). The van der Waals surface area contributed by atoms with Gasteiger partial charge >= 0.3 is 6.18 Å². The van der Waals surface area contributed by atoms with E-state index in [9.17, 15) is 26.4 Å². The minimum atomic E-state index is -4.67. The third kappa shape index (κ3) is 7.06. The van der Waals surface area contributed by atoms with Gasteiger partial charge in [-0.25, -0.2) is 13.4 Å². The first kappa shape index (κ1) is 26.4. The van der Waals surface area contributed by atoms with Crippen LogP contribution in [0.1, 0.15) is 36.2 Å². The molecule has 33 heavy (non-hydrogen) atoms. The van der Waals surface area contributed by atoms with Crippen LogP contribution in [0.5, 0.6) is 5.88 Å². The van der Waals surface area contributed by atoms with Gasteiger partial charge in [-0.2, -0.15) is 13.2 Å². The first-order valence-corrected chi connectivity index (χ1v) is 11.5. The first-order chi connectivity index (χ1) is 15.4. The zero-order valence-corrected chi connectivity index (χ0v) is 19.6. The van der Waals surface area contributed by atoms with Crippen molar-refractivity contribution in [1.82, 2.24) is 10.3 Å².